The average Bonchev–Trinajstić information content (AvgIpc) is 2.91. The van der Waals surface area contributed by atoms with Crippen LogP contribution in [0, 0.1) is 0 Å². The van der Waals surface area contributed by atoms with Crippen molar-refractivity contribution in [2.24, 2.45) is 0 Å². The normalized spacial score (nSPS) is 15.6. The van der Waals surface area contributed by atoms with Crippen LogP contribution in [0.5, 0.6) is 5.75 Å². The van der Waals surface area contributed by atoms with Gasteiger partial charge in [-0.05, 0) is 12.5 Å². The third-order valence-electron chi connectivity index (χ3n) is 5.05. The van der Waals surface area contributed by atoms with Gasteiger partial charge in [0.1, 0.15) is 5.75 Å². The maximum absolute atomic E-state index is 12.5. The summed E-state index contributed by atoms with van der Waals surface area (Å²) in [6.45, 7) is 3.93. The molecule has 0 radical (unpaired) electrons. The van der Waals surface area contributed by atoms with Gasteiger partial charge in [-0.3, -0.25) is 14.4 Å². The molecule has 2 rings (SSSR count). The summed E-state index contributed by atoms with van der Waals surface area (Å²) in [4.78, 5) is 35.9. The molecule has 5 nitrogen and oxygen atoms in total. The molecule has 0 amide bonds. The van der Waals surface area contributed by atoms with E-state index in [1.54, 1.807) is 18.2 Å². The number of ketones is 2. The fraction of sp³-hybridized carbons (Fsp3) is 0.609. The van der Waals surface area contributed by atoms with Crippen LogP contribution in [0.1, 0.15) is 98.8 Å². The Hall–Kier alpha value is -2.17. The Balaban J connectivity index is 1.72. The molecule has 1 aromatic carbocycles. The molecule has 0 aliphatic heterocycles. The van der Waals surface area contributed by atoms with E-state index in [1.807, 2.05) is 0 Å². The maximum Gasteiger partial charge on any atom is 0.303 e. The fourth-order valence-corrected chi connectivity index (χ4v) is 3.55. The van der Waals surface area contributed by atoms with Crippen molar-refractivity contribution >= 4 is 17.5 Å². The molecule has 0 spiro atoms. The summed E-state index contributed by atoms with van der Waals surface area (Å²) < 4.78 is 10.7. The number of hydrogen-bond donors (Lipinski definition) is 0. The molecular weight excluding hydrogens is 356 g/mol. The second-order valence-corrected chi connectivity index (χ2v) is 7.43. The number of carbonyl (C=O) groups is 3. The third-order valence-corrected chi connectivity index (χ3v) is 5.05. The van der Waals surface area contributed by atoms with E-state index >= 15 is 0 Å². The topological polar surface area (TPSA) is 69.7 Å². The first-order chi connectivity index (χ1) is 13.6. The molecule has 0 saturated heterocycles. The zero-order valence-corrected chi connectivity index (χ0v) is 17.1. The van der Waals surface area contributed by atoms with Crippen LogP contribution in [0.4, 0.5) is 0 Å². The number of Topliss-reactive ketones (excluding diaryl/α,β-unsaturated/α-hetero) is 2. The van der Waals surface area contributed by atoms with E-state index in [-0.39, 0.29) is 11.1 Å². The number of fused-ring (bicyclic) bond motifs is 1. The van der Waals surface area contributed by atoms with Crippen LogP contribution in [0.2, 0.25) is 0 Å². The Morgan fingerprint density at radius 1 is 0.893 bits per heavy atom. The van der Waals surface area contributed by atoms with Crippen LogP contribution in [0.25, 0.3) is 0 Å². The average molecular weight is 389 g/mol. The Morgan fingerprint density at radius 2 is 1.50 bits per heavy atom. The highest BCUT2D eigenvalue weighted by Gasteiger charge is 2.43. The van der Waals surface area contributed by atoms with E-state index < -0.39 is 23.6 Å². The molecular formula is C23H32O5. The van der Waals surface area contributed by atoms with Crippen molar-refractivity contribution < 1.29 is 23.9 Å². The van der Waals surface area contributed by atoms with Gasteiger partial charge < -0.3 is 9.47 Å². The second-order valence-electron chi connectivity index (χ2n) is 7.43. The molecule has 0 N–H and O–H groups in total. The number of carbonyl (C=O) groups excluding carboxylic acids is 3. The highest BCUT2D eigenvalue weighted by atomic mass is 16.5. The van der Waals surface area contributed by atoms with Gasteiger partial charge >= 0.3 is 5.97 Å². The number of unbranched alkanes of at least 4 members (excludes halogenated alkanes) is 9. The van der Waals surface area contributed by atoms with Crippen LogP contribution in [-0.4, -0.2) is 30.2 Å². The largest absolute Gasteiger partial charge is 0.493 e. The van der Waals surface area contributed by atoms with Crippen molar-refractivity contribution in [1.82, 2.24) is 0 Å². The zero-order chi connectivity index (χ0) is 20.4. The van der Waals surface area contributed by atoms with Gasteiger partial charge in [0.05, 0.1) is 12.2 Å². The van der Waals surface area contributed by atoms with E-state index in [4.69, 9.17) is 9.47 Å². The first-order valence-electron chi connectivity index (χ1n) is 10.6. The van der Waals surface area contributed by atoms with Gasteiger partial charge in [-0.1, -0.05) is 76.8 Å². The number of rotatable bonds is 13. The first kappa shape index (κ1) is 22.1. The van der Waals surface area contributed by atoms with Crippen molar-refractivity contribution in [1.29, 1.82) is 0 Å². The number of benzene rings is 1. The smallest absolute Gasteiger partial charge is 0.303 e. The van der Waals surface area contributed by atoms with Crippen LogP contribution in [-0.2, 0) is 9.53 Å². The molecule has 1 aliphatic carbocycles. The lowest BCUT2D eigenvalue weighted by Gasteiger charge is -2.10. The Kier molecular flexibility index (Phi) is 9.18. The summed E-state index contributed by atoms with van der Waals surface area (Å²) in [7, 11) is 0. The van der Waals surface area contributed by atoms with Gasteiger partial charge in [0.15, 0.2) is 0 Å². The zero-order valence-electron chi connectivity index (χ0n) is 17.1. The summed E-state index contributed by atoms with van der Waals surface area (Å²) in [6, 6.07) is 4.96. The molecule has 0 heterocycles. The summed E-state index contributed by atoms with van der Waals surface area (Å²) in [5.74, 6) is -1.21. The SMILES string of the molecule is CCCCCCCCCCCCOc1cccc2c1C(=O)C(OC(C)=O)C2=O. The molecule has 0 aromatic heterocycles. The number of esters is 1. The molecule has 28 heavy (non-hydrogen) atoms. The molecule has 5 heteroatoms. The van der Waals surface area contributed by atoms with E-state index in [1.165, 1.54) is 58.3 Å². The highest BCUT2D eigenvalue weighted by molar-refractivity contribution is 6.30. The molecule has 1 aliphatic rings. The Morgan fingerprint density at radius 3 is 2.11 bits per heavy atom. The van der Waals surface area contributed by atoms with Gasteiger partial charge in [-0.25, -0.2) is 0 Å². The van der Waals surface area contributed by atoms with E-state index in [9.17, 15) is 14.4 Å². The van der Waals surface area contributed by atoms with Crippen molar-refractivity contribution in [3.63, 3.8) is 0 Å². The molecule has 1 unspecified atom stereocenters. The monoisotopic (exact) mass is 388 g/mol. The standard InChI is InChI=1S/C23H32O5/c1-3-4-5-6-7-8-9-10-11-12-16-27-19-15-13-14-18-20(19)22(26)23(21(18)25)28-17(2)24/h13-15,23H,3-12,16H2,1-2H3. The van der Waals surface area contributed by atoms with E-state index in [2.05, 4.69) is 6.92 Å². The van der Waals surface area contributed by atoms with Crippen LogP contribution in [0.15, 0.2) is 18.2 Å². The van der Waals surface area contributed by atoms with Gasteiger partial charge in [0.2, 0.25) is 17.7 Å². The van der Waals surface area contributed by atoms with Gasteiger partial charge in [0, 0.05) is 12.5 Å². The van der Waals surface area contributed by atoms with Gasteiger partial charge in [-0.15, -0.1) is 0 Å². The Labute approximate surface area is 167 Å². The lowest BCUT2D eigenvalue weighted by atomic mass is 10.1. The van der Waals surface area contributed by atoms with Crippen molar-refractivity contribution in [3.8, 4) is 5.75 Å². The van der Waals surface area contributed by atoms with Gasteiger partial charge in [-0.2, -0.15) is 0 Å². The first-order valence-corrected chi connectivity index (χ1v) is 10.6. The summed E-state index contributed by atoms with van der Waals surface area (Å²) >= 11 is 0. The lowest BCUT2D eigenvalue weighted by Crippen LogP contribution is -2.27. The summed E-state index contributed by atoms with van der Waals surface area (Å²) in [5, 5.41) is 0. The Bertz CT molecular complexity index is 680. The van der Waals surface area contributed by atoms with Crippen LogP contribution < -0.4 is 4.74 Å². The van der Waals surface area contributed by atoms with Crippen LogP contribution in [0.3, 0.4) is 0 Å². The number of hydrogen-bond acceptors (Lipinski definition) is 5. The molecule has 154 valence electrons. The van der Waals surface area contributed by atoms with Crippen molar-refractivity contribution in [2.45, 2.75) is 84.2 Å². The highest BCUT2D eigenvalue weighted by Crippen LogP contribution is 2.32. The molecule has 0 bridgehead atoms. The summed E-state index contributed by atoms with van der Waals surface area (Å²) in [6.07, 6.45) is 11.0. The summed E-state index contributed by atoms with van der Waals surface area (Å²) in [5.41, 5.74) is 0.516. The van der Waals surface area contributed by atoms with Crippen molar-refractivity contribution in [3.05, 3.63) is 29.3 Å². The number of ether oxygens (including phenoxy) is 2. The quantitative estimate of drug-likeness (QED) is 0.261. The predicted octanol–water partition coefficient (Wildman–Crippen LogP) is 5.30. The van der Waals surface area contributed by atoms with E-state index in [0.717, 1.165) is 12.8 Å². The fourth-order valence-electron chi connectivity index (χ4n) is 3.55. The van der Waals surface area contributed by atoms with Gasteiger partial charge in [0.25, 0.3) is 0 Å². The second kappa shape index (κ2) is 11.6. The molecule has 1 atom stereocenters. The third kappa shape index (κ3) is 6.18. The lowest BCUT2D eigenvalue weighted by molar-refractivity contribution is -0.142. The minimum absolute atomic E-state index is 0.242. The predicted molar refractivity (Wildman–Crippen MR) is 108 cm³/mol. The molecule has 1 aromatic rings. The van der Waals surface area contributed by atoms with Crippen molar-refractivity contribution in [2.75, 3.05) is 6.61 Å². The van der Waals surface area contributed by atoms with Crippen LogP contribution >= 0.6 is 0 Å². The molecule has 0 fully saturated rings. The molecule has 0 saturated carbocycles. The van der Waals surface area contributed by atoms with E-state index in [0.29, 0.717) is 12.4 Å². The minimum Gasteiger partial charge on any atom is -0.493 e. The maximum atomic E-state index is 12.5. The minimum atomic E-state index is -1.37.